The molecular weight excluding hydrogens is 396 g/mol. The van der Waals surface area contributed by atoms with Gasteiger partial charge in [-0.2, -0.15) is 0 Å². The van der Waals surface area contributed by atoms with Gasteiger partial charge in [0, 0.05) is 35.8 Å². The lowest BCUT2D eigenvalue weighted by Crippen LogP contribution is -2.44. The van der Waals surface area contributed by atoms with Gasteiger partial charge in [-0.05, 0) is 13.8 Å². The van der Waals surface area contributed by atoms with E-state index < -0.39 is 23.5 Å². The first-order valence-corrected chi connectivity index (χ1v) is 9.33. The number of aryl methyl sites for hydroxylation is 2. The molecule has 12 heteroatoms. The molecule has 2 atom stereocenters. The number of rotatable bonds is 8. The second kappa shape index (κ2) is 8.55. The van der Waals surface area contributed by atoms with Gasteiger partial charge in [-0.3, -0.25) is 43.1 Å². The van der Waals surface area contributed by atoms with Crippen LogP contribution in [-0.4, -0.2) is 51.1 Å². The third kappa shape index (κ3) is 4.78. The maximum Gasteiger partial charge on any atom is 0.331 e. The Hall–Kier alpha value is -3.38. The minimum absolute atomic E-state index is 0.0596. The molecule has 0 fully saturated rings. The van der Waals surface area contributed by atoms with Crippen molar-refractivity contribution in [3.8, 4) is 0 Å². The van der Waals surface area contributed by atoms with Crippen molar-refractivity contribution in [2.24, 2.45) is 0 Å². The van der Waals surface area contributed by atoms with Crippen molar-refractivity contribution in [3.05, 3.63) is 77.3 Å². The summed E-state index contributed by atoms with van der Waals surface area (Å²) < 4.78 is 4.38. The van der Waals surface area contributed by atoms with Crippen LogP contribution in [0.15, 0.2) is 43.6 Å². The minimum atomic E-state index is -1.17. The van der Waals surface area contributed by atoms with Crippen LogP contribution in [-0.2, 0) is 26.2 Å². The standard InChI is InChI=1S/C18H24N6O6/c1-11-5-16(28)23(19-11)9-13(25)7-21-4-3-15(27)22(18(21)30)8-14(26)10-24-17(29)6-12(2)20-24/h3-6,13-14,19-20,25-26H,7-10H2,1-2H3. The van der Waals surface area contributed by atoms with Crippen LogP contribution in [0.3, 0.4) is 0 Å². The van der Waals surface area contributed by atoms with Crippen LogP contribution in [0.1, 0.15) is 11.4 Å². The SMILES string of the molecule is Cc1cc(=O)n(CC(O)Cn2ccc(=O)n(CC(O)Cn3[nH]c(C)cc3=O)c2=O)[nH]1. The number of H-pyrrole nitrogens is 2. The normalized spacial score (nSPS) is 13.5. The first-order valence-electron chi connectivity index (χ1n) is 9.33. The number of nitrogens with one attached hydrogen (secondary N) is 2. The summed E-state index contributed by atoms with van der Waals surface area (Å²) in [5.41, 5.74) is -0.703. The zero-order chi connectivity index (χ0) is 22.0. The fraction of sp³-hybridized carbons (Fsp3) is 0.444. The van der Waals surface area contributed by atoms with E-state index in [1.165, 1.54) is 27.7 Å². The Morgan fingerprint density at radius 2 is 1.30 bits per heavy atom. The first kappa shape index (κ1) is 21.3. The fourth-order valence-electron chi connectivity index (χ4n) is 3.24. The first-order chi connectivity index (χ1) is 14.1. The van der Waals surface area contributed by atoms with Gasteiger partial charge in [0.2, 0.25) is 0 Å². The number of hydrogen-bond donors (Lipinski definition) is 4. The smallest absolute Gasteiger partial charge is 0.331 e. The third-order valence-electron chi connectivity index (χ3n) is 4.56. The Balaban J connectivity index is 1.74. The van der Waals surface area contributed by atoms with Gasteiger partial charge >= 0.3 is 5.69 Å². The van der Waals surface area contributed by atoms with Gasteiger partial charge < -0.3 is 10.2 Å². The minimum Gasteiger partial charge on any atom is -0.389 e. The summed E-state index contributed by atoms with van der Waals surface area (Å²) in [7, 11) is 0. The predicted octanol–water partition coefficient (Wildman–Crippen LogP) is -2.27. The largest absolute Gasteiger partial charge is 0.389 e. The zero-order valence-corrected chi connectivity index (χ0v) is 16.6. The molecule has 162 valence electrons. The van der Waals surface area contributed by atoms with E-state index in [9.17, 15) is 29.4 Å². The van der Waals surface area contributed by atoms with Crippen molar-refractivity contribution in [1.82, 2.24) is 28.7 Å². The number of aliphatic hydroxyl groups excluding tert-OH is 2. The Morgan fingerprint density at radius 1 is 0.800 bits per heavy atom. The van der Waals surface area contributed by atoms with Gasteiger partial charge in [0.15, 0.2) is 0 Å². The number of hydrogen-bond acceptors (Lipinski definition) is 6. The molecule has 0 aromatic carbocycles. The van der Waals surface area contributed by atoms with E-state index >= 15 is 0 Å². The van der Waals surface area contributed by atoms with Crippen molar-refractivity contribution < 1.29 is 10.2 Å². The molecule has 0 spiro atoms. The molecule has 0 saturated heterocycles. The molecule has 0 bridgehead atoms. The van der Waals surface area contributed by atoms with Gasteiger partial charge in [0.1, 0.15) is 0 Å². The van der Waals surface area contributed by atoms with Crippen LogP contribution >= 0.6 is 0 Å². The maximum absolute atomic E-state index is 12.7. The molecule has 30 heavy (non-hydrogen) atoms. The molecule has 3 heterocycles. The van der Waals surface area contributed by atoms with Crippen LogP contribution < -0.4 is 22.4 Å². The molecule has 0 aliphatic rings. The summed E-state index contributed by atoms with van der Waals surface area (Å²) in [6.45, 7) is 2.74. The number of aliphatic hydroxyl groups is 2. The molecule has 3 aromatic rings. The Kier molecular flexibility index (Phi) is 6.08. The summed E-state index contributed by atoms with van der Waals surface area (Å²) in [5.74, 6) is 0. The van der Waals surface area contributed by atoms with E-state index in [4.69, 9.17) is 0 Å². The van der Waals surface area contributed by atoms with E-state index in [1.807, 2.05) is 0 Å². The van der Waals surface area contributed by atoms with E-state index in [1.54, 1.807) is 13.8 Å². The number of aromatic nitrogens is 6. The highest BCUT2D eigenvalue weighted by Gasteiger charge is 2.15. The van der Waals surface area contributed by atoms with Crippen LogP contribution in [0.5, 0.6) is 0 Å². The molecule has 0 aliphatic heterocycles. The van der Waals surface area contributed by atoms with Crippen molar-refractivity contribution in [2.45, 2.75) is 52.2 Å². The van der Waals surface area contributed by atoms with Crippen LogP contribution in [0.4, 0.5) is 0 Å². The van der Waals surface area contributed by atoms with E-state index in [-0.39, 0.29) is 37.3 Å². The monoisotopic (exact) mass is 420 g/mol. The lowest BCUT2D eigenvalue weighted by atomic mass is 10.3. The summed E-state index contributed by atoms with van der Waals surface area (Å²) in [6.07, 6.45) is -1.000. The average molecular weight is 420 g/mol. The van der Waals surface area contributed by atoms with Gasteiger partial charge in [-0.25, -0.2) is 4.79 Å². The highest BCUT2D eigenvalue weighted by atomic mass is 16.3. The molecule has 0 radical (unpaired) electrons. The van der Waals surface area contributed by atoms with E-state index in [2.05, 4.69) is 10.2 Å². The van der Waals surface area contributed by atoms with E-state index in [0.29, 0.717) is 11.4 Å². The number of aromatic amines is 2. The molecule has 4 N–H and O–H groups in total. The van der Waals surface area contributed by atoms with Crippen LogP contribution in [0.2, 0.25) is 0 Å². The fourth-order valence-corrected chi connectivity index (χ4v) is 3.24. The Labute approximate surface area is 169 Å². The molecule has 3 rings (SSSR count). The molecule has 0 aliphatic carbocycles. The highest BCUT2D eigenvalue weighted by Crippen LogP contribution is 1.96. The summed E-state index contributed by atoms with van der Waals surface area (Å²) >= 11 is 0. The topological polar surface area (TPSA) is 160 Å². The molecule has 2 unspecified atom stereocenters. The van der Waals surface area contributed by atoms with Crippen molar-refractivity contribution in [3.63, 3.8) is 0 Å². The third-order valence-corrected chi connectivity index (χ3v) is 4.56. The van der Waals surface area contributed by atoms with Crippen LogP contribution in [0.25, 0.3) is 0 Å². The molecule has 12 nitrogen and oxygen atoms in total. The summed E-state index contributed by atoms with van der Waals surface area (Å²) in [4.78, 5) is 48.3. The van der Waals surface area contributed by atoms with Crippen molar-refractivity contribution in [2.75, 3.05) is 0 Å². The summed E-state index contributed by atoms with van der Waals surface area (Å²) in [6, 6.07) is 3.90. The molecule has 0 amide bonds. The van der Waals surface area contributed by atoms with Crippen molar-refractivity contribution in [1.29, 1.82) is 0 Å². The Bertz CT molecular complexity index is 1260. The maximum atomic E-state index is 12.7. The second-order valence-corrected chi connectivity index (χ2v) is 7.28. The van der Waals surface area contributed by atoms with Crippen molar-refractivity contribution >= 4 is 0 Å². The average Bonchev–Trinajstić information content (AvgIpc) is 3.13. The zero-order valence-electron chi connectivity index (χ0n) is 16.6. The molecular formula is C18H24N6O6. The van der Waals surface area contributed by atoms with Gasteiger partial charge in [0.25, 0.3) is 16.7 Å². The lowest BCUT2D eigenvalue weighted by molar-refractivity contribution is 0.118. The van der Waals surface area contributed by atoms with Crippen LogP contribution in [0, 0.1) is 13.8 Å². The molecule has 0 saturated carbocycles. The second-order valence-electron chi connectivity index (χ2n) is 7.28. The lowest BCUT2D eigenvalue weighted by Gasteiger charge is -2.16. The number of nitrogens with zero attached hydrogens (tertiary/aromatic N) is 4. The van der Waals surface area contributed by atoms with Gasteiger partial charge in [0.05, 0.1) is 38.4 Å². The quantitative estimate of drug-likeness (QED) is 0.321. The van der Waals surface area contributed by atoms with Gasteiger partial charge in [-0.1, -0.05) is 0 Å². The van der Waals surface area contributed by atoms with E-state index in [0.717, 1.165) is 15.2 Å². The molecule has 3 aromatic heterocycles. The Morgan fingerprint density at radius 3 is 1.77 bits per heavy atom. The van der Waals surface area contributed by atoms with Gasteiger partial charge in [-0.15, -0.1) is 0 Å². The predicted molar refractivity (Wildman–Crippen MR) is 107 cm³/mol. The highest BCUT2D eigenvalue weighted by molar-refractivity contribution is 4.97. The summed E-state index contributed by atoms with van der Waals surface area (Å²) in [5, 5.41) is 26.1.